The van der Waals surface area contributed by atoms with Gasteiger partial charge in [0.15, 0.2) is 0 Å². The first kappa shape index (κ1) is 20.9. The monoisotopic (exact) mass is 448 g/mol. The molecule has 1 aliphatic heterocycles. The van der Waals surface area contributed by atoms with Gasteiger partial charge in [0, 0.05) is 27.5 Å². The molecule has 0 bridgehead atoms. The maximum absolute atomic E-state index is 13.5. The Morgan fingerprint density at radius 2 is 1.75 bits per heavy atom. The van der Waals surface area contributed by atoms with Crippen LogP contribution in [0.3, 0.4) is 0 Å². The molecule has 32 heavy (non-hydrogen) atoms. The Bertz CT molecular complexity index is 1120. The normalized spacial score (nSPS) is 17.3. The van der Waals surface area contributed by atoms with Crippen molar-refractivity contribution in [3.63, 3.8) is 0 Å². The number of hydrogen-bond donors (Lipinski definition) is 1. The highest BCUT2D eigenvalue weighted by molar-refractivity contribution is 7.12. The van der Waals surface area contributed by atoms with Gasteiger partial charge in [-0.25, -0.2) is 4.79 Å². The molecule has 0 saturated carbocycles. The number of urea groups is 1. The van der Waals surface area contributed by atoms with E-state index in [0.717, 1.165) is 42.0 Å². The van der Waals surface area contributed by atoms with Crippen LogP contribution in [-0.2, 0) is 19.3 Å². The highest BCUT2D eigenvalue weighted by atomic mass is 32.1. The molecule has 5 rings (SSSR count). The van der Waals surface area contributed by atoms with E-state index in [1.165, 1.54) is 28.2 Å². The molecule has 2 aromatic carbocycles. The maximum Gasteiger partial charge on any atom is 0.322 e. The van der Waals surface area contributed by atoms with Crippen LogP contribution in [0, 0.1) is 0 Å². The minimum absolute atomic E-state index is 0.0944. The second kappa shape index (κ2) is 8.87. The van der Waals surface area contributed by atoms with E-state index < -0.39 is 0 Å². The van der Waals surface area contributed by atoms with Crippen molar-refractivity contribution in [2.45, 2.75) is 38.1 Å². The lowest BCUT2D eigenvalue weighted by Gasteiger charge is -2.37. The summed E-state index contributed by atoms with van der Waals surface area (Å²) < 4.78 is 11.0. The molecular formula is C26H28N2O3S. The van der Waals surface area contributed by atoms with Gasteiger partial charge in [-0.15, -0.1) is 11.3 Å². The number of nitrogens with zero attached hydrogens (tertiary/aromatic N) is 1. The summed E-state index contributed by atoms with van der Waals surface area (Å²) in [6, 6.07) is 15.3. The van der Waals surface area contributed by atoms with Gasteiger partial charge in [-0.05, 0) is 73.6 Å². The molecule has 2 amide bonds. The summed E-state index contributed by atoms with van der Waals surface area (Å²) in [7, 11) is 3.33. The lowest BCUT2D eigenvalue weighted by molar-refractivity contribution is 0.194. The maximum atomic E-state index is 13.5. The number of fused-ring (bicyclic) bond motifs is 3. The number of ether oxygens (including phenoxy) is 2. The summed E-state index contributed by atoms with van der Waals surface area (Å²) in [5.74, 6) is 1.58. The molecule has 3 aromatic rings. The van der Waals surface area contributed by atoms with Crippen molar-refractivity contribution >= 4 is 23.1 Å². The third kappa shape index (κ3) is 3.73. The predicted octanol–water partition coefficient (Wildman–Crippen LogP) is 5.82. The molecule has 0 saturated heterocycles. The molecular weight excluding hydrogens is 420 g/mol. The van der Waals surface area contributed by atoms with Crippen molar-refractivity contribution in [3.05, 3.63) is 75.0 Å². The topological polar surface area (TPSA) is 50.8 Å². The minimum atomic E-state index is -0.149. The fourth-order valence-electron chi connectivity index (χ4n) is 4.94. The van der Waals surface area contributed by atoms with E-state index in [-0.39, 0.29) is 12.1 Å². The second-order valence-corrected chi connectivity index (χ2v) is 9.44. The molecule has 0 radical (unpaired) electrons. The number of rotatable bonds is 4. The molecule has 0 unspecified atom stereocenters. The molecule has 1 aromatic heterocycles. The van der Waals surface area contributed by atoms with Gasteiger partial charge >= 0.3 is 6.03 Å². The third-order valence-corrected chi connectivity index (χ3v) is 7.90. The van der Waals surface area contributed by atoms with E-state index in [1.807, 2.05) is 58.7 Å². The average molecular weight is 449 g/mol. The van der Waals surface area contributed by atoms with Gasteiger partial charge in [0.2, 0.25) is 0 Å². The highest BCUT2D eigenvalue weighted by Gasteiger charge is 2.37. The Morgan fingerprint density at radius 1 is 0.969 bits per heavy atom. The Morgan fingerprint density at radius 3 is 2.53 bits per heavy atom. The highest BCUT2D eigenvalue weighted by Crippen LogP contribution is 2.46. The molecule has 5 nitrogen and oxygen atoms in total. The van der Waals surface area contributed by atoms with Crippen LogP contribution in [0.2, 0.25) is 0 Å². The van der Waals surface area contributed by atoms with Gasteiger partial charge in [0.1, 0.15) is 11.5 Å². The zero-order valence-corrected chi connectivity index (χ0v) is 19.3. The summed E-state index contributed by atoms with van der Waals surface area (Å²) in [5, 5.41) is 3.09. The van der Waals surface area contributed by atoms with Crippen LogP contribution < -0.4 is 14.8 Å². The Balaban J connectivity index is 1.54. The molecule has 2 heterocycles. The van der Waals surface area contributed by atoms with Crippen LogP contribution in [0.25, 0.3) is 0 Å². The number of methoxy groups -OCH3 is 2. The minimum Gasteiger partial charge on any atom is -0.497 e. The molecule has 2 aliphatic rings. The standard InChI is InChI=1S/C26H28N2O3S/c1-30-18-13-11-17(12-14-18)27-26(29)28-16-15-20-19-7-4-6-10-23(19)32-25(20)24(28)21-8-3-5-9-22(21)31-2/h3,5,8-9,11-14,24H,4,6-7,10,15-16H2,1-2H3,(H,27,29)/t24-/m1/s1. The van der Waals surface area contributed by atoms with E-state index >= 15 is 0 Å². The first-order valence-electron chi connectivity index (χ1n) is 11.2. The van der Waals surface area contributed by atoms with E-state index in [0.29, 0.717) is 6.54 Å². The Hall–Kier alpha value is -2.99. The van der Waals surface area contributed by atoms with Gasteiger partial charge in [0.25, 0.3) is 0 Å². The number of hydrogen-bond acceptors (Lipinski definition) is 4. The van der Waals surface area contributed by atoms with Gasteiger partial charge in [-0.1, -0.05) is 18.2 Å². The number of benzene rings is 2. The van der Waals surface area contributed by atoms with Gasteiger partial charge in [-0.3, -0.25) is 0 Å². The Kier molecular flexibility index (Phi) is 5.79. The fraction of sp³-hybridized carbons (Fsp3) is 0.346. The van der Waals surface area contributed by atoms with E-state index in [1.54, 1.807) is 19.8 Å². The van der Waals surface area contributed by atoms with Gasteiger partial charge in [-0.2, -0.15) is 0 Å². The van der Waals surface area contributed by atoms with Crippen molar-refractivity contribution in [1.82, 2.24) is 4.90 Å². The van der Waals surface area contributed by atoms with Crippen LogP contribution in [0.4, 0.5) is 10.5 Å². The number of anilines is 1. The summed E-state index contributed by atoms with van der Waals surface area (Å²) >= 11 is 1.90. The summed E-state index contributed by atoms with van der Waals surface area (Å²) in [5.41, 5.74) is 4.81. The average Bonchev–Trinajstić information content (AvgIpc) is 3.22. The number of carbonyl (C=O) groups excluding carboxylic acids is 1. The summed E-state index contributed by atoms with van der Waals surface area (Å²) in [4.78, 5) is 18.3. The number of thiophene rings is 1. The smallest absolute Gasteiger partial charge is 0.322 e. The van der Waals surface area contributed by atoms with Crippen LogP contribution in [0.15, 0.2) is 48.5 Å². The van der Waals surface area contributed by atoms with Crippen molar-refractivity contribution in [2.24, 2.45) is 0 Å². The molecule has 0 spiro atoms. The van der Waals surface area contributed by atoms with Gasteiger partial charge in [0.05, 0.1) is 20.3 Å². The first-order valence-corrected chi connectivity index (χ1v) is 12.0. The number of nitrogens with one attached hydrogen (secondary N) is 1. The zero-order valence-electron chi connectivity index (χ0n) is 18.5. The van der Waals surface area contributed by atoms with Crippen molar-refractivity contribution in [1.29, 1.82) is 0 Å². The predicted molar refractivity (Wildman–Crippen MR) is 128 cm³/mol. The number of amides is 2. The van der Waals surface area contributed by atoms with E-state index in [2.05, 4.69) is 11.4 Å². The lowest BCUT2D eigenvalue weighted by Crippen LogP contribution is -2.42. The lowest BCUT2D eigenvalue weighted by atomic mass is 9.88. The van der Waals surface area contributed by atoms with Crippen molar-refractivity contribution < 1.29 is 14.3 Å². The van der Waals surface area contributed by atoms with Crippen LogP contribution in [-0.4, -0.2) is 31.7 Å². The van der Waals surface area contributed by atoms with Crippen LogP contribution in [0.5, 0.6) is 11.5 Å². The SMILES string of the molecule is COc1ccc(NC(=O)N2CCc3c(sc4c3CCCC4)[C@H]2c2ccccc2OC)cc1. The largest absolute Gasteiger partial charge is 0.497 e. The molecule has 1 atom stereocenters. The van der Waals surface area contributed by atoms with E-state index in [9.17, 15) is 4.79 Å². The zero-order chi connectivity index (χ0) is 22.1. The van der Waals surface area contributed by atoms with Crippen LogP contribution >= 0.6 is 11.3 Å². The third-order valence-electron chi connectivity index (χ3n) is 6.51. The van der Waals surface area contributed by atoms with E-state index in [4.69, 9.17) is 9.47 Å². The molecule has 166 valence electrons. The molecule has 6 heteroatoms. The second-order valence-electron chi connectivity index (χ2n) is 8.30. The summed E-state index contributed by atoms with van der Waals surface area (Å²) in [6.07, 6.45) is 5.74. The molecule has 1 N–H and O–H groups in total. The number of aryl methyl sites for hydroxylation is 1. The summed E-state index contributed by atoms with van der Waals surface area (Å²) in [6.45, 7) is 0.681. The fourth-order valence-corrected chi connectivity index (χ4v) is 6.51. The van der Waals surface area contributed by atoms with Crippen LogP contribution in [0.1, 0.15) is 45.3 Å². The number of carbonyl (C=O) groups is 1. The van der Waals surface area contributed by atoms with Crippen molar-refractivity contribution in [2.75, 3.05) is 26.1 Å². The quantitative estimate of drug-likeness (QED) is 0.547. The number of para-hydroxylation sites is 1. The molecule has 0 fully saturated rings. The first-order chi connectivity index (χ1) is 15.7. The Labute approximate surface area is 193 Å². The molecule has 1 aliphatic carbocycles. The van der Waals surface area contributed by atoms with Gasteiger partial charge < -0.3 is 19.7 Å². The van der Waals surface area contributed by atoms with Crippen molar-refractivity contribution in [3.8, 4) is 11.5 Å².